The third kappa shape index (κ3) is 4.03. The van der Waals surface area contributed by atoms with Crippen LogP contribution in [0.3, 0.4) is 0 Å². The number of para-hydroxylation sites is 1. The van der Waals surface area contributed by atoms with Crippen LogP contribution in [0.1, 0.15) is 30.0 Å². The topological polar surface area (TPSA) is 66.5 Å². The number of aromatic nitrogens is 3. The molecule has 4 heterocycles. The monoisotopic (exact) mass is 433 g/mol. The zero-order valence-electron chi connectivity index (χ0n) is 18.8. The minimum Gasteiger partial charge on any atom is -0.496 e. The number of piperidine rings is 1. The number of nitrogens with zero attached hydrogens (tertiary/aromatic N) is 4. The third-order valence-corrected chi connectivity index (χ3v) is 6.94. The van der Waals surface area contributed by atoms with Crippen molar-refractivity contribution in [1.29, 1.82) is 0 Å². The molecular formula is C25H31N5O2. The highest BCUT2D eigenvalue weighted by Gasteiger charge is 2.44. The number of hydrogen-bond acceptors (Lipinski definition) is 6. The van der Waals surface area contributed by atoms with Crippen LogP contribution in [0, 0.1) is 0 Å². The van der Waals surface area contributed by atoms with Gasteiger partial charge < -0.3 is 9.47 Å². The van der Waals surface area contributed by atoms with Crippen LogP contribution in [0.15, 0.2) is 55.0 Å². The molecule has 2 saturated heterocycles. The van der Waals surface area contributed by atoms with Gasteiger partial charge in [0.1, 0.15) is 5.75 Å². The lowest BCUT2D eigenvalue weighted by Gasteiger charge is -2.53. The molecule has 0 saturated carbocycles. The first-order valence-corrected chi connectivity index (χ1v) is 11.3. The van der Waals surface area contributed by atoms with Crippen LogP contribution in [0.2, 0.25) is 0 Å². The number of likely N-dealkylation sites (tertiary alicyclic amines) is 2. The molecule has 5 rings (SSSR count). The van der Waals surface area contributed by atoms with Gasteiger partial charge in [-0.05, 0) is 49.7 Å². The van der Waals surface area contributed by atoms with Gasteiger partial charge in [-0.25, -0.2) is 0 Å². The molecule has 0 unspecified atom stereocenters. The first-order valence-electron chi connectivity index (χ1n) is 11.3. The third-order valence-electron chi connectivity index (χ3n) is 6.94. The first kappa shape index (κ1) is 21.1. The lowest BCUT2D eigenvalue weighted by atomic mass is 9.87. The Kier molecular flexibility index (Phi) is 6.21. The van der Waals surface area contributed by atoms with Crippen molar-refractivity contribution >= 4 is 0 Å². The highest BCUT2D eigenvalue weighted by molar-refractivity contribution is 5.69. The summed E-state index contributed by atoms with van der Waals surface area (Å²) in [6.45, 7) is 4.05. The molecule has 2 atom stereocenters. The number of rotatable bonds is 7. The van der Waals surface area contributed by atoms with E-state index >= 15 is 0 Å². The fourth-order valence-electron chi connectivity index (χ4n) is 5.20. The molecule has 168 valence electrons. The fourth-order valence-corrected chi connectivity index (χ4v) is 5.20. The van der Waals surface area contributed by atoms with Gasteiger partial charge in [-0.1, -0.05) is 18.2 Å². The minimum absolute atomic E-state index is 0.256. The predicted molar refractivity (Wildman–Crippen MR) is 123 cm³/mol. The minimum atomic E-state index is 0.256. The molecule has 0 spiro atoms. The van der Waals surface area contributed by atoms with Gasteiger partial charge in [-0.3, -0.25) is 19.9 Å². The van der Waals surface area contributed by atoms with Crippen molar-refractivity contribution in [1.82, 2.24) is 25.0 Å². The summed E-state index contributed by atoms with van der Waals surface area (Å²) in [6, 6.07) is 13.2. The summed E-state index contributed by atoms with van der Waals surface area (Å²) < 4.78 is 11.3. The van der Waals surface area contributed by atoms with Crippen molar-refractivity contribution in [2.75, 3.05) is 33.9 Å². The average Bonchev–Trinajstić information content (AvgIpc) is 3.28. The number of nitrogens with one attached hydrogen (secondary N) is 1. The summed E-state index contributed by atoms with van der Waals surface area (Å²) in [5.74, 6) is 0.864. The Balaban J connectivity index is 1.23. The molecule has 1 aromatic carbocycles. The largest absolute Gasteiger partial charge is 0.496 e. The summed E-state index contributed by atoms with van der Waals surface area (Å²) in [5, 5.41) is 7.51. The molecule has 2 aliphatic heterocycles. The van der Waals surface area contributed by atoms with Crippen LogP contribution in [-0.4, -0.2) is 71.0 Å². The molecule has 2 aliphatic rings. The predicted octanol–water partition coefficient (Wildman–Crippen LogP) is 3.52. The van der Waals surface area contributed by atoms with Crippen LogP contribution in [0.25, 0.3) is 11.3 Å². The summed E-state index contributed by atoms with van der Waals surface area (Å²) in [4.78, 5) is 9.47. The van der Waals surface area contributed by atoms with E-state index in [0.29, 0.717) is 12.1 Å². The lowest BCUT2D eigenvalue weighted by Crippen LogP contribution is -2.60. The highest BCUT2D eigenvalue weighted by Crippen LogP contribution is 2.39. The second-order valence-electron chi connectivity index (χ2n) is 8.68. The zero-order chi connectivity index (χ0) is 21.9. The molecule has 7 heteroatoms. The van der Waals surface area contributed by atoms with E-state index in [4.69, 9.17) is 9.47 Å². The average molecular weight is 434 g/mol. The second-order valence-corrected chi connectivity index (χ2v) is 8.68. The van der Waals surface area contributed by atoms with Crippen LogP contribution in [0.4, 0.5) is 0 Å². The number of aromatic amines is 1. The van der Waals surface area contributed by atoms with E-state index in [-0.39, 0.29) is 6.10 Å². The maximum absolute atomic E-state index is 5.74. The molecule has 1 N–H and O–H groups in total. The van der Waals surface area contributed by atoms with Gasteiger partial charge in [-0.2, -0.15) is 5.10 Å². The van der Waals surface area contributed by atoms with E-state index in [0.717, 1.165) is 56.0 Å². The normalized spacial score (nSPS) is 22.6. The van der Waals surface area contributed by atoms with Crippen molar-refractivity contribution in [3.05, 3.63) is 66.1 Å². The van der Waals surface area contributed by atoms with E-state index < -0.39 is 0 Å². The van der Waals surface area contributed by atoms with Crippen LogP contribution in [0.5, 0.6) is 5.75 Å². The van der Waals surface area contributed by atoms with Crippen molar-refractivity contribution < 1.29 is 9.47 Å². The van der Waals surface area contributed by atoms with Crippen LogP contribution in [-0.2, 0) is 11.3 Å². The quantitative estimate of drug-likeness (QED) is 0.615. The summed E-state index contributed by atoms with van der Waals surface area (Å²) in [5.41, 5.74) is 4.58. The fraction of sp³-hybridized carbons (Fsp3) is 0.440. The number of hydrogen-bond donors (Lipinski definition) is 1. The maximum Gasteiger partial charge on any atom is 0.128 e. The van der Waals surface area contributed by atoms with Crippen LogP contribution >= 0.6 is 0 Å². The molecular weight excluding hydrogens is 402 g/mol. The Morgan fingerprint density at radius 1 is 1.06 bits per heavy atom. The molecule has 0 bridgehead atoms. The molecule has 3 aromatic rings. The Hall–Kier alpha value is -2.74. The van der Waals surface area contributed by atoms with Gasteiger partial charge in [-0.15, -0.1) is 0 Å². The van der Waals surface area contributed by atoms with E-state index in [9.17, 15) is 0 Å². The standard InChI is InChI=1S/C25H31N5O2/c1-31-22-8-4-3-7-21(22)24-19(15-27-28-24)16-29-12-9-20(10-13-29)30-17-23(32-2)25(30)18-6-5-11-26-14-18/h3-8,11,14-15,20,23,25H,9-10,12-13,16-17H2,1-2H3,(H,27,28)/t23-,25-/m0/s1. The van der Waals surface area contributed by atoms with Gasteiger partial charge in [0, 0.05) is 49.8 Å². The molecule has 0 amide bonds. The van der Waals surface area contributed by atoms with Gasteiger partial charge in [0.05, 0.1) is 31.1 Å². The number of ether oxygens (including phenoxy) is 2. The highest BCUT2D eigenvalue weighted by atomic mass is 16.5. The van der Waals surface area contributed by atoms with Gasteiger partial charge in [0.25, 0.3) is 0 Å². The smallest absolute Gasteiger partial charge is 0.128 e. The van der Waals surface area contributed by atoms with Gasteiger partial charge >= 0.3 is 0 Å². The number of benzene rings is 1. The molecule has 2 fully saturated rings. The molecule has 32 heavy (non-hydrogen) atoms. The Morgan fingerprint density at radius 3 is 2.66 bits per heavy atom. The van der Waals surface area contributed by atoms with E-state index in [1.807, 2.05) is 50.0 Å². The van der Waals surface area contributed by atoms with Crippen LogP contribution < -0.4 is 4.74 Å². The second kappa shape index (κ2) is 9.40. The zero-order valence-corrected chi connectivity index (χ0v) is 18.8. The Bertz CT molecular complexity index is 1020. The Labute approximate surface area is 189 Å². The van der Waals surface area contributed by atoms with Crippen molar-refractivity contribution in [2.45, 2.75) is 37.6 Å². The Morgan fingerprint density at radius 2 is 1.91 bits per heavy atom. The summed E-state index contributed by atoms with van der Waals surface area (Å²) >= 11 is 0. The summed E-state index contributed by atoms with van der Waals surface area (Å²) in [7, 11) is 3.53. The first-order chi connectivity index (χ1) is 15.8. The molecule has 0 aliphatic carbocycles. The molecule has 2 aromatic heterocycles. The van der Waals surface area contributed by atoms with E-state index in [1.54, 1.807) is 7.11 Å². The molecule has 7 nitrogen and oxygen atoms in total. The maximum atomic E-state index is 5.74. The lowest BCUT2D eigenvalue weighted by molar-refractivity contribution is -0.117. The SMILES string of the molecule is COc1ccccc1-c1[nH]ncc1CN1CCC(N2C[C@H](OC)[C@@H]2c2cccnc2)CC1. The number of pyridine rings is 1. The van der Waals surface area contributed by atoms with Gasteiger partial charge in [0.15, 0.2) is 0 Å². The van der Waals surface area contributed by atoms with Crippen molar-refractivity contribution in [3.8, 4) is 17.0 Å². The van der Waals surface area contributed by atoms with E-state index in [2.05, 4.69) is 37.1 Å². The number of H-pyrrole nitrogens is 1. The molecule has 0 radical (unpaired) electrons. The van der Waals surface area contributed by atoms with Crippen molar-refractivity contribution in [2.24, 2.45) is 0 Å². The number of methoxy groups -OCH3 is 2. The van der Waals surface area contributed by atoms with E-state index in [1.165, 1.54) is 11.1 Å². The van der Waals surface area contributed by atoms with Gasteiger partial charge in [0.2, 0.25) is 0 Å². The summed E-state index contributed by atoms with van der Waals surface area (Å²) in [6.07, 6.45) is 8.35. The van der Waals surface area contributed by atoms with Crippen molar-refractivity contribution in [3.63, 3.8) is 0 Å².